The van der Waals surface area contributed by atoms with Crippen molar-refractivity contribution in [1.82, 2.24) is 0 Å². The van der Waals surface area contributed by atoms with Crippen LogP contribution in [0.2, 0.25) is 0 Å². The fourth-order valence-electron chi connectivity index (χ4n) is 2.23. The second-order valence-electron chi connectivity index (χ2n) is 5.28. The van der Waals surface area contributed by atoms with Gasteiger partial charge in [0.25, 0.3) is 5.91 Å². The summed E-state index contributed by atoms with van der Waals surface area (Å²) < 4.78 is 0. The van der Waals surface area contributed by atoms with Crippen LogP contribution in [0.5, 0.6) is 0 Å². The van der Waals surface area contributed by atoms with Crippen LogP contribution >= 0.6 is 0 Å². The molecule has 0 spiro atoms. The summed E-state index contributed by atoms with van der Waals surface area (Å²) in [5, 5.41) is 0. The number of aryl methyl sites for hydroxylation is 3. The number of carbonyl (C=O) groups excluding carboxylic acids is 1. The summed E-state index contributed by atoms with van der Waals surface area (Å²) in [4.78, 5) is 14.2. The summed E-state index contributed by atoms with van der Waals surface area (Å²) in [5.41, 5.74) is 11.3. The molecule has 0 aliphatic rings. The number of rotatable bonds is 2. The summed E-state index contributed by atoms with van der Waals surface area (Å²) in [6.45, 7) is 5.98. The van der Waals surface area contributed by atoms with Crippen molar-refractivity contribution >= 4 is 17.3 Å². The highest BCUT2D eigenvalue weighted by Crippen LogP contribution is 2.21. The number of carbonyl (C=O) groups is 1. The zero-order valence-electron chi connectivity index (χ0n) is 12.4. The third kappa shape index (κ3) is 2.82. The molecule has 0 unspecified atom stereocenters. The predicted molar refractivity (Wildman–Crippen MR) is 84.2 cm³/mol. The van der Waals surface area contributed by atoms with Crippen molar-refractivity contribution in [2.45, 2.75) is 20.8 Å². The van der Waals surface area contributed by atoms with Crippen molar-refractivity contribution in [3.05, 3.63) is 58.7 Å². The SMILES string of the molecule is Cc1cc(C)cc(N(C)C(=O)c2ccc(C)c(N)c2)c1. The molecule has 0 heterocycles. The average molecular weight is 268 g/mol. The van der Waals surface area contributed by atoms with E-state index >= 15 is 0 Å². The van der Waals surface area contributed by atoms with E-state index in [0.717, 1.165) is 22.4 Å². The lowest BCUT2D eigenvalue weighted by Gasteiger charge is -2.19. The van der Waals surface area contributed by atoms with E-state index in [2.05, 4.69) is 6.07 Å². The smallest absolute Gasteiger partial charge is 0.258 e. The first-order valence-corrected chi connectivity index (χ1v) is 6.61. The standard InChI is InChI=1S/C17H20N2O/c1-11-7-12(2)9-15(8-11)19(4)17(20)14-6-5-13(3)16(18)10-14/h5-10H,18H2,1-4H3. The molecule has 0 saturated heterocycles. The fraction of sp³-hybridized carbons (Fsp3) is 0.235. The van der Waals surface area contributed by atoms with E-state index in [1.54, 1.807) is 18.0 Å². The molecule has 0 aliphatic heterocycles. The number of benzene rings is 2. The lowest BCUT2D eigenvalue weighted by Crippen LogP contribution is -2.26. The Bertz CT molecular complexity index is 642. The van der Waals surface area contributed by atoms with Gasteiger partial charge in [-0.1, -0.05) is 12.1 Å². The van der Waals surface area contributed by atoms with Crippen molar-refractivity contribution in [3.63, 3.8) is 0 Å². The molecule has 0 saturated carbocycles. The van der Waals surface area contributed by atoms with Gasteiger partial charge in [0.2, 0.25) is 0 Å². The molecule has 2 aromatic rings. The number of hydrogen-bond donors (Lipinski definition) is 1. The van der Waals surface area contributed by atoms with Crippen LogP contribution in [-0.2, 0) is 0 Å². The molecular weight excluding hydrogens is 248 g/mol. The minimum absolute atomic E-state index is 0.0540. The van der Waals surface area contributed by atoms with E-state index in [-0.39, 0.29) is 5.91 Å². The van der Waals surface area contributed by atoms with Gasteiger partial charge in [0.1, 0.15) is 0 Å². The lowest BCUT2D eigenvalue weighted by atomic mass is 10.1. The van der Waals surface area contributed by atoms with Crippen LogP contribution in [0.1, 0.15) is 27.0 Å². The maximum absolute atomic E-state index is 12.5. The zero-order chi connectivity index (χ0) is 14.9. The summed E-state index contributed by atoms with van der Waals surface area (Å²) in [6, 6.07) is 11.5. The lowest BCUT2D eigenvalue weighted by molar-refractivity contribution is 0.0993. The molecule has 0 bridgehead atoms. The molecule has 0 aliphatic carbocycles. The van der Waals surface area contributed by atoms with E-state index in [4.69, 9.17) is 5.73 Å². The third-order valence-electron chi connectivity index (χ3n) is 3.42. The Hall–Kier alpha value is -2.29. The van der Waals surface area contributed by atoms with E-state index in [1.165, 1.54) is 0 Å². The first kappa shape index (κ1) is 14.1. The minimum atomic E-state index is -0.0540. The number of amides is 1. The highest BCUT2D eigenvalue weighted by Gasteiger charge is 2.14. The van der Waals surface area contributed by atoms with Crippen LogP contribution < -0.4 is 10.6 Å². The Balaban J connectivity index is 2.34. The fourth-order valence-corrected chi connectivity index (χ4v) is 2.23. The molecule has 0 atom stereocenters. The molecule has 3 nitrogen and oxygen atoms in total. The molecule has 0 radical (unpaired) electrons. The Morgan fingerprint density at radius 3 is 2.15 bits per heavy atom. The molecule has 20 heavy (non-hydrogen) atoms. The van der Waals surface area contributed by atoms with Crippen molar-refractivity contribution in [1.29, 1.82) is 0 Å². The first-order chi connectivity index (χ1) is 9.38. The number of hydrogen-bond acceptors (Lipinski definition) is 2. The Kier molecular flexibility index (Phi) is 3.79. The van der Waals surface area contributed by atoms with Crippen molar-refractivity contribution in [2.24, 2.45) is 0 Å². The topological polar surface area (TPSA) is 46.3 Å². The quantitative estimate of drug-likeness (QED) is 0.848. The van der Waals surface area contributed by atoms with Crippen LogP contribution in [0, 0.1) is 20.8 Å². The number of nitrogens with zero attached hydrogens (tertiary/aromatic N) is 1. The van der Waals surface area contributed by atoms with Crippen LogP contribution in [0.25, 0.3) is 0 Å². The van der Waals surface area contributed by atoms with Crippen LogP contribution in [0.15, 0.2) is 36.4 Å². The first-order valence-electron chi connectivity index (χ1n) is 6.61. The molecule has 0 fully saturated rings. The molecule has 2 aromatic carbocycles. The van der Waals surface area contributed by atoms with Gasteiger partial charge in [-0.05, 0) is 61.7 Å². The number of anilines is 2. The molecular formula is C17H20N2O. The van der Waals surface area contributed by atoms with Crippen LogP contribution in [-0.4, -0.2) is 13.0 Å². The average Bonchev–Trinajstić information content (AvgIpc) is 2.39. The van der Waals surface area contributed by atoms with Gasteiger partial charge in [-0.25, -0.2) is 0 Å². The Labute approximate surface area is 120 Å². The summed E-state index contributed by atoms with van der Waals surface area (Å²) >= 11 is 0. The maximum atomic E-state index is 12.5. The highest BCUT2D eigenvalue weighted by molar-refractivity contribution is 6.06. The van der Waals surface area contributed by atoms with Crippen LogP contribution in [0.4, 0.5) is 11.4 Å². The second-order valence-corrected chi connectivity index (χ2v) is 5.28. The van der Waals surface area contributed by atoms with Gasteiger partial charge in [0.05, 0.1) is 0 Å². The van der Waals surface area contributed by atoms with Gasteiger partial charge in [-0.15, -0.1) is 0 Å². The summed E-state index contributed by atoms with van der Waals surface area (Å²) in [5.74, 6) is -0.0540. The predicted octanol–water partition coefficient (Wildman–Crippen LogP) is 3.47. The van der Waals surface area contributed by atoms with Gasteiger partial charge < -0.3 is 10.6 Å². The van der Waals surface area contributed by atoms with E-state index in [0.29, 0.717) is 11.3 Å². The molecule has 2 N–H and O–H groups in total. The highest BCUT2D eigenvalue weighted by atomic mass is 16.2. The van der Waals surface area contributed by atoms with Gasteiger partial charge in [-0.3, -0.25) is 4.79 Å². The van der Waals surface area contributed by atoms with Gasteiger partial charge in [-0.2, -0.15) is 0 Å². The molecule has 1 amide bonds. The monoisotopic (exact) mass is 268 g/mol. The van der Waals surface area contributed by atoms with Gasteiger partial charge >= 0.3 is 0 Å². The number of nitrogen functional groups attached to an aromatic ring is 1. The van der Waals surface area contributed by atoms with Gasteiger partial charge in [0.15, 0.2) is 0 Å². The van der Waals surface area contributed by atoms with Gasteiger partial charge in [0, 0.05) is 24.0 Å². The molecule has 0 aromatic heterocycles. The molecule has 3 heteroatoms. The molecule has 104 valence electrons. The normalized spacial score (nSPS) is 10.4. The van der Waals surface area contributed by atoms with E-state index < -0.39 is 0 Å². The van der Waals surface area contributed by atoms with E-state index in [1.807, 2.05) is 45.0 Å². The Morgan fingerprint density at radius 2 is 1.60 bits per heavy atom. The van der Waals surface area contributed by atoms with Crippen molar-refractivity contribution < 1.29 is 4.79 Å². The molecule has 2 rings (SSSR count). The van der Waals surface area contributed by atoms with Crippen LogP contribution in [0.3, 0.4) is 0 Å². The third-order valence-corrected chi connectivity index (χ3v) is 3.42. The summed E-state index contributed by atoms with van der Waals surface area (Å²) in [6.07, 6.45) is 0. The second kappa shape index (κ2) is 5.37. The minimum Gasteiger partial charge on any atom is -0.398 e. The number of nitrogens with two attached hydrogens (primary N) is 1. The van der Waals surface area contributed by atoms with E-state index in [9.17, 15) is 4.79 Å². The maximum Gasteiger partial charge on any atom is 0.258 e. The summed E-state index contributed by atoms with van der Waals surface area (Å²) in [7, 11) is 1.78. The Morgan fingerprint density at radius 1 is 1.00 bits per heavy atom. The van der Waals surface area contributed by atoms with Crippen molar-refractivity contribution in [3.8, 4) is 0 Å². The zero-order valence-corrected chi connectivity index (χ0v) is 12.4. The largest absolute Gasteiger partial charge is 0.398 e. The van der Waals surface area contributed by atoms with Crippen molar-refractivity contribution in [2.75, 3.05) is 17.7 Å².